The number of rotatable bonds is 2. The van der Waals surface area contributed by atoms with Gasteiger partial charge in [0.2, 0.25) is 0 Å². The summed E-state index contributed by atoms with van der Waals surface area (Å²) >= 11 is 0. The molecule has 0 saturated carbocycles. The summed E-state index contributed by atoms with van der Waals surface area (Å²) in [7, 11) is 0. The van der Waals surface area contributed by atoms with Crippen LogP contribution in [-0.4, -0.2) is 0 Å². The first-order chi connectivity index (χ1) is 10.1. The molecule has 0 aliphatic heterocycles. The van der Waals surface area contributed by atoms with Crippen molar-refractivity contribution in [1.82, 2.24) is 0 Å². The summed E-state index contributed by atoms with van der Waals surface area (Å²) in [6, 6.07) is 15.8. The summed E-state index contributed by atoms with van der Waals surface area (Å²) in [6.45, 7) is 4.07. The highest BCUT2D eigenvalue weighted by Crippen LogP contribution is 2.16. The Morgan fingerprint density at radius 1 is 0.905 bits per heavy atom. The second-order valence-corrected chi connectivity index (χ2v) is 5.28. The lowest BCUT2D eigenvalue weighted by Crippen LogP contribution is -2.02. The maximum atomic E-state index is 12.0. The highest BCUT2D eigenvalue weighted by atomic mass is 16.4. The van der Waals surface area contributed by atoms with E-state index in [0.717, 1.165) is 16.5 Å². The number of fused-ring (bicyclic) bond motifs is 1. The summed E-state index contributed by atoms with van der Waals surface area (Å²) in [4.78, 5) is 12.0. The minimum atomic E-state index is -0.310. The molecule has 104 valence electrons. The van der Waals surface area contributed by atoms with Gasteiger partial charge in [0.15, 0.2) is 0 Å². The van der Waals surface area contributed by atoms with E-state index in [1.807, 2.05) is 68.5 Å². The first kappa shape index (κ1) is 13.4. The van der Waals surface area contributed by atoms with Gasteiger partial charge < -0.3 is 4.42 Å². The fraction of sp³-hybridized carbons (Fsp3) is 0.105. The van der Waals surface area contributed by atoms with Crippen LogP contribution in [0.15, 0.2) is 57.7 Å². The number of hydrogen-bond acceptors (Lipinski definition) is 2. The van der Waals surface area contributed by atoms with E-state index in [4.69, 9.17) is 4.42 Å². The van der Waals surface area contributed by atoms with Gasteiger partial charge in [-0.25, -0.2) is 4.79 Å². The van der Waals surface area contributed by atoms with Crippen molar-refractivity contribution in [3.63, 3.8) is 0 Å². The second-order valence-electron chi connectivity index (χ2n) is 5.28. The second kappa shape index (κ2) is 5.41. The SMILES string of the molecule is Cc1cccc(/C=C/c2cc3cc(C)ccc3oc2=O)c1. The van der Waals surface area contributed by atoms with Crippen LogP contribution in [0.2, 0.25) is 0 Å². The van der Waals surface area contributed by atoms with Crippen molar-refractivity contribution in [3.05, 3.63) is 81.2 Å². The molecule has 2 nitrogen and oxygen atoms in total. The zero-order valence-electron chi connectivity index (χ0n) is 12.1. The first-order valence-corrected chi connectivity index (χ1v) is 6.91. The fourth-order valence-corrected chi connectivity index (χ4v) is 2.33. The normalized spacial score (nSPS) is 11.3. The van der Waals surface area contributed by atoms with Gasteiger partial charge >= 0.3 is 5.63 Å². The monoisotopic (exact) mass is 276 g/mol. The Balaban J connectivity index is 2.04. The largest absolute Gasteiger partial charge is 0.422 e. The third kappa shape index (κ3) is 2.95. The zero-order chi connectivity index (χ0) is 14.8. The Hall–Kier alpha value is -2.61. The van der Waals surface area contributed by atoms with Crippen molar-refractivity contribution in [2.24, 2.45) is 0 Å². The van der Waals surface area contributed by atoms with E-state index in [2.05, 4.69) is 6.07 Å². The van der Waals surface area contributed by atoms with Crippen LogP contribution in [0.1, 0.15) is 22.3 Å². The molecular formula is C19H16O2. The maximum Gasteiger partial charge on any atom is 0.343 e. The van der Waals surface area contributed by atoms with Gasteiger partial charge in [0.05, 0.1) is 5.56 Å². The van der Waals surface area contributed by atoms with Crippen LogP contribution in [-0.2, 0) is 0 Å². The lowest BCUT2D eigenvalue weighted by Gasteiger charge is -2.00. The van der Waals surface area contributed by atoms with Crippen LogP contribution < -0.4 is 5.63 Å². The summed E-state index contributed by atoms with van der Waals surface area (Å²) in [5.41, 5.74) is 4.28. The maximum absolute atomic E-state index is 12.0. The summed E-state index contributed by atoms with van der Waals surface area (Å²) in [6.07, 6.45) is 3.74. The first-order valence-electron chi connectivity index (χ1n) is 6.91. The molecular weight excluding hydrogens is 260 g/mol. The van der Waals surface area contributed by atoms with Crippen molar-refractivity contribution >= 4 is 23.1 Å². The predicted molar refractivity (Wildman–Crippen MR) is 87.3 cm³/mol. The van der Waals surface area contributed by atoms with E-state index in [9.17, 15) is 4.79 Å². The molecule has 21 heavy (non-hydrogen) atoms. The zero-order valence-corrected chi connectivity index (χ0v) is 12.1. The van der Waals surface area contributed by atoms with Crippen LogP contribution in [0.3, 0.4) is 0 Å². The van der Waals surface area contributed by atoms with Crippen LogP contribution in [0, 0.1) is 13.8 Å². The Bertz CT molecular complexity index is 885. The summed E-state index contributed by atoms with van der Waals surface area (Å²) < 4.78 is 5.35. The molecule has 0 saturated heterocycles. The van der Waals surface area contributed by atoms with Gasteiger partial charge in [-0.1, -0.05) is 47.5 Å². The van der Waals surface area contributed by atoms with Gasteiger partial charge in [0.1, 0.15) is 5.58 Å². The summed E-state index contributed by atoms with van der Waals surface area (Å²) in [5, 5.41) is 0.943. The van der Waals surface area contributed by atoms with Gasteiger partial charge in [-0.15, -0.1) is 0 Å². The Morgan fingerprint density at radius 3 is 2.52 bits per heavy atom. The standard InChI is InChI=1S/C19H16O2/c1-13-4-3-5-15(10-13)7-8-16-12-17-11-14(2)6-9-18(17)21-19(16)20/h3-12H,1-2H3/b8-7+. The minimum absolute atomic E-state index is 0.310. The van der Waals surface area contributed by atoms with E-state index in [0.29, 0.717) is 11.1 Å². The fourth-order valence-electron chi connectivity index (χ4n) is 2.33. The topological polar surface area (TPSA) is 30.2 Å². The third-order valence-corrected chi connectivity index (χ3v) is 3.41. The average Bonchev–Trinajstić information content (AvgIpc) is 2.45. The number of benzene rings is 2. The quantitative estimate of drug-likeness (QED) is 0.641. The molecule has 1 aromatic heterocycles. The van der Waals surface area contributed by atoms with E-state index in [-0.39, 0.29) is 5.63 Å². The number of aryl methyl sites for hydroxylation is 2. The highest BCUT2D eigenvalue weighted by Gasteiger charge is 2.02. The van der Waals surface area contributed by atoms with Crippen molar-refractivity contribution in [3.8, 4) is 0 Å². The molecule has 0 aliphatic carbocycles. The van der Waals surface area contributed by atoms with Gasteiger partial charge in [-0.3, -0.25) is 0 Å². The van der Waals surface area contributed by atoms with Gasteiger partial charge in [-0.2, -0.15) is 0 Å². The number of hydrogen-bond donors (Lipinski definition) is 0. The average molecular weight is 276 g/mol. The van der Waals surface area contributed by atoms with Crippen molar-refractivity contribution < 1.29 is 4.42 Å². The molecule has 0 bridgehead atoms. The molecule has 2 heteroatoms. The van der Waals surface area contributed by atoms with Crippen molar-refractivity contribution in [2.45, 2.75) is 13.8 Å². The van der Waals surface area contributed by atoms with Gasteiger partial charge in [-0.05, 0) is 43.7 Å². The molecule has 3 rings (SSSR count). The molecule has 0 unspecified atom stereocenters. The van der Waals surface area contributed by atoms with Crippen molar-refractivity contribution in [2.75, 3.05) is 0 Å². The molecule has 3 aromatic rings. The third-order valence-electron chi connectivity index (χ3n) is 3.41. The minimum Gasteiger partial charge on any atom is -0.422 e. The Labute approximate surface area is 123 Å². The Kier molecular flexibility index (Phi) is 3.44. The molecule has 2 aromatic carbocycles. The molecule has 1 heterocycles. The van der Waals surface area contributed by atoms with Crippen LogP contribution in [0.25, 0.3) is 23.1 Å². The molecule has 0 spiro atoms. The predicted octanol–water partition coefficient (Wildman–Crippen LogP) is 4.58. The Morgan fingerprint density at radius 2 is 1.71 bits per heavy atom. The molecule has 0 aliphatic rings. The van der Waals surface area contributed by atoms with Crippen LogP contribution in [0.5, 0.6) is 0 Å². The molecule has 0 fully saturated rings. The van der Waals surface area contributed by atoms with Crippen LogP contribution >= 0.6 is 0 Å². The van der Waals surface area contributed by atoms with Gasteiger partial charge in [0, 0.05) is 5.39 Å². The van der Waals surface area contributed by atoms with E-state index >= 15 is 0 Å². The highest BCUT2D eigenvalue weighted by molar-refractivity contribution is 5.81. The van der Waals surface area contributed by atoms with Gasteiger partial charge in [0.25, 0.3) is 0 Å². The van der Waals surface area contributed by atoms with Crippen LogP contribution in [0.4, 0.5) is 0 Å². The molecule has 0 N–H and O–H groups in total. The smallest absolute Gasteiger partial charge is 0.343 e. The van der Waals surface area contributed by atoms with E-state index in [1.165, 1.54) is 5.56 Å². The van der Waals surface area contributed by atoms with Crippen molar-refractivity contribution in [1.29, 1.82) is 0 Å². The lowest BCUT2D eigenvalue weighted by atomic mass is 10.1. The van der Waals surface area contributed by atoms with E-state index in [1.54, 1.807) is 0 Å². The molecule has 0 radical (unpaired) electrons. The molecule has 0 amide bonds. The van der Waals surface area contributed by atoms with E-state index < -0.39 is 0 Å². The molecule has 0 atom stereocenters. The lowest BCUT2D eigenvalue weighted by molar-refractivity contribution is 0.559. The summed E-state index contributed by atoms with van der Waals surface area (Å²) in [5.74, 6) is 0.